The van der Waals surface area contributed by atoms with Crippen molar-refractivity contribution in [2.45, 2.75) is 26.8 Å². The third-order valence-electron chi connectivity index (χ3n) is 4.12. The Morgan fingerprint density at radius 2 is 1.73 bits per heavy atom. The van der Waals surface area contributed by atoms with Crippen LogP contribution in [0.2, 0.25) is 0 Å². The topological polar surface area (TPSA) is 86.6 Å². The molecule has 0 radical (unpaired) electrons. The van der Waals surface area contributed by atoms with Crippen molar-refractivity contribution in [1.82, 2.24) is 21.1 Å². The fourth-order valence-corrected chi connectivity index (χ4v) is 2.66. The van der Waals surface area contributed by atoms with Crippen molar-refractivity contribution in [3.8, 4) is 0 Å². The van der Waals surface area contributed by atoms with Gasteiger partial charge in [-0.1, -0.05) is 29.8 Å². The Morgan fingerprint density at radius 3 is 2.27 bits per heavy atom. The lowest BCUT2D eigenvalue weighted by Crippen LogP contribution is -2.48. The Balaban J connectivity index is 1.87. The highest BCUT2D eigenvalue weighted by Crippen LogP contribution is 2.17. The summed E-state index contributed by atoms with van der Waals surface area (Å²) in [7, 11) is 3.91. The molecule has 0 fully saturated rings. The van der Waals surface area contributed by atoms with Crippen LogP contribution in [0.15, 0.2) is 34.7 Å². The number of hydrogen-bond donors (Lipinski definition) is 3. The Labute approximate surface area is 153 Å². The maximum absolute atomic E-state index is 12.1. The largest absolute Gasteiger partial charge is 0.466 e. The second kappa shape index (κ2) is 8.53. The number of rotatable bonds is 5. The molecule has 26 heavy (non-hydrogen) atoms. The minimum atomic E-state index is -0.477. The van der Waals surface area contributed by atoms with Gasteiger partial charge in [0, 0.05) is 6.54 Å². The fourth-order valence-electron chi connectivity index (χ4n) is 2.66. The normalized spacial score (nSPS) is 11.9. The van der Waals surface area contributed by atoms with Gasteiger partial charge in [-0.2, -0.15) is 0 Å². The molecule has 140 valence electrons. The average molecular weight is 358 g/mol. The Morgan fingerprint density at radius 1 is 1.08 bits per heavy atom. The van der Waals surface area contributed by atoms with Crippen LogP contribution in [0.25, 0.3) is 0 Å². The summed E-state index contributed by atoms with van der Waals surface area (Å²) < 4.78 is 5.31. The third kappa shape index (κ3) is 5.10. The molecule has 0 aliphatic rings. The lowest BCUT2D eigenvalue weighted by molar-refractivity contribution is 0.0934. The number of benzene rings is 1. The first-order chi connectivity index (χ1) is 12.3. The van der Waals surface area contributed by atoms with Gasteiger partial charge in [-0.25, -0.2) is 10.2 Å². The molecule has 2 rings (SSSR count). The minimum Gasteiger partial charge on any atom is -0.466 e. The molecule has 0 bridgehead atoms. The molecule has 1 unspecified atom stereocenters. The number of likely N-dealkylation sites (N-methyl/N-ethyl adjacent to an activating group) is 1. The maximum atomic E-state index is 12.1. The lowest BCUT2D eigenvalue weighted by atomic mass is 10.0. The molecule has 1 atom stereocenters. The van der Waals surface area contributed by atoms with E-state index >= 15 is 0 Å². The molecule has 0 aliphatic heterocycles. The second-order valence-electron chi connectivity index (χ2n) is 6.51. The molecule has 1 aromatic carbocycles. The highest BCUT2D eigenvalue weighted by Gasteiger charge is 2.17. The molecule has 3 N–H and O–H groups in total. The van der Waals surface area contributed by atoms with E-state index in [-0.39, 0.29) is 6.04 Å². The highest BCUT2D eigenvalue weighted by molar-refractivity contribution is 5.96. The first-order valence-corrected chi connectivity index (χ1v) is 8.42. The quantitative estimate of drug-likeness (QED) is 0.717. The number of hydrogen-bond acceptors (Lipinski definition) is 4. The number of urea groups is 1. The van der Waals surface area contributed by atoms with Crippen molar-refractivity contribution in [1.29, 1.82) is 0 Å². The number of carbonyl (C=O) groups excluding carboxylic acids is 2. The van der Waals surface area contributed by atoms with E-state index in [1.165, 1.54) is 5.56 Å². The molecule has 2 aromatic rings. The van der Waals surface area contributed by atoms with E-state index in [0.717, 1.165) is 5.56 Å². The summed E-state index contributed by atoms with van der Waals surface area (Å²) in [5.74, 6) is 0.732. The van der Waals surface area contributed by atoms with Crippen molar-refractivity contribution in [3.05, 3.63) is 58.5 Å². The smallest absolute Gasteiger partial charge is 0.333 e. The average Bonchev–Trinajstić information content (AvgIpc) is 2.92. The number of nitrogens with one attached hydrogen (secondary N) is 3. The predicted molar refractivity (Wildman–Crippen MR) is 99.8 cm³/mol. The van der Waals surface area contributed by atoms with Gasteiger partial charge < -0.3 is 14.6 Å². The molecule has 7 nitrogen and oxygen atoms in total. The second-order valence-corrected chi connectivity index (χ2v) is 6.51. The molecule has 0 saturated heterocycles. The van der Waals surface area contributed by atoms with Crippen molar-refractivity contribution in [2.75, 3.05) is 20.6 Å². The highest BCUT2D eigenvalue weighted by atomic mass is 16.3. The van der Waals surface area contributed by atoms with Crippen LogP contribution in [0, 0.1) is 20.8 Å². The van der Waals surface area contributed by atoms with Gasteiger partial charge in [0.05, 0.1) is 11.6 Å². The number of furan rings is 1. The molecule has 0 aliphatic carbocycles. The molecule has 1 aromatic heterocycles. The van der Waals surface area contributed by atoms with Gasteiger partial charge >= 0.3 is 6.03 Å². The van der Waals surface area contributed by atoms with Gasteiger partial charge in [0.1, 0.15) is 11.5 Å². The predicted octanol–water partition coefficient (Wildman–Crippen LogP) is 2.45. The number of carbonyl (C=O) groups is 2. The summed E-state index contributed by atoms with van der Waals surface area (Å²) in [4.78, 5) is 26.1. The van der Waals surface area contributed by atoms with Crippen LogP contribution >= 0.6 is 0 Å². The van der Waals surface area contributed by atoms with Crippen LogP contribution in [0.3, 0.4) is 0 Å². The number of hydrazine groups is 1. The molecule has 3 amide bonds. The van der Waals surface area contributed by atoms with Gasteiger partial charge in [0.25, 0.3) is 5.91 Å². The van der Waals surface area contributed by atoms with Crippen molar-refractivity contribution in [3.63, 3.8) is 0 Å². The molecule has 1 heterocycles. The zero-order valence-corrected chi connectivity index (χ0v) is 15.8. The van der Waals surface area contributed by atoms with Crippen LogP contribution in [0.5, 0.6) is 0 Å². The summed E-state index contributed by atoms with van der Waals surface area (Å²) in [6, 6.07) is 9.36. The van der Waals surface area contributed by atoms with E-state index in [0.29, 0.717) is 23.6 Å². The summed E-state index contributed by atoms with van der Waals surface area (Å²) in [6.45, 7) is 5.90. The summed E-state index contributed by atoms with van der Waals surface area (Å²) in [6.07, 6.45) is 0. The summed E-state index contributed by atoms with van der Waals surface area (Å²) in [5, 5.41) is 2.77. The van der Waals surface area contributed by atoms with Gasteiger partial charge in [-0.3, -0.25) is 10.2 Å². The van der Waals surface area contributed by atoms with Crippen molar-refractivity contribution >= 4 is 11.9 Å². The Kier molecular flexibility index (Phi) is 6.41. The Bertz CT molecular complexity index is 766. The van der Waals surface area contributed by atoms with E-state index in [9.17, 15) is 9.59 Å². The van der Waals surface area contributed by atoms with E-state index in [2.05, 4.69) is 16.2 Å². The van der Waals surface area contributed by atoms with Gasteiger partial charge in [0.15, 0.2) is 0 Å². The number of aryl methyl sites for hydroxylation is 3. The van der Waals surface area contributed by atoms with Gasteiger partial charge in [-0.15, -0.1) is 0 Å². The minimum absolute atomic E-state index is 0.0239. The first kappa shape index (κ1) is 19.5. The van der Waals surface area contributed by atoms with E-state index < -0.39 is 11.9 Å². The first-order valence-electron chi connectivity index (χ1n) is 8.42. The number of nitrogens with zero attached hydrogens (tertiary/aromatic N) is 1. The zero-order chi connectivity index (χ0) is 19.3. The van der Waals surface area contributed by atoms with E-state index in [4.69, 9.17) is 4.42 Å². The zero-order valence-electron chi connectivity index (χ0n) is 15.8. The lowest BCUT2D eigenvalue weighted by Gasteiger charge is -2.25. The van der Waals surface area contributed by atoms with Crippen LogP contribution in [0.4, 0.5) is 4.79 Å². The van der Waals surface area contributed by atoms with Crippen LogP contribution in [0.1, 0.15) is 39.0 Å². The van der Waals surface area contributed by atoms with Crippen LogP contribution in [-0.4, -0.2) is 37.5 Å². The van der Waals surface area contributed by atoms with Crippen LogP contribution in [-0.2, 0) is 0 Å². The fraction of sp³-hybridized carbons (Fsp3) is 0.368. The molecule has 7 heteroatoms. The van der Waals surface area contributed by atoms with Crippen molar-refractivity contribution < 1.29 is 14.0 Å². The maximum Gasteiger partial charge on any atom is 0.333 e. The molecular weight excluding hydrogens is 332 g/mol. The van der Waals surface area contributed by atoms with Crippen LogP contribution < -0.4 is 16.2 Å². The standard InChI is InChI=1S/C19H26N4O3/c1-12-6-8-15(9-7-12)17(23(4)5)11-20-19(25)22-21-18(24)16-10-13(2)26-14(16)3/h6-10,17H,11H2,1-5H3,(H,21,24)(H2,20,22,25). The summed E-state index contributed by atoms with van der Waals surface area (Å²) in [5.41, 5.74) is 7.43. The summed E-state index contributed by atoms with van der Waals surface area (Å²) >= 11 is 0. The van der Waals surface area contributed by atoms with E-state index in [1.807, 2.05) is 50.2 Å². The monoisotopic (exact) mass is 358 g/mol. The molecule has 0 spiro atoms. The number of amides is 3. The molecular formula is C19H26N4O3. The SMILES string of the molecule is Cc1ccc(C(CNC(=O)NNC(=O)c2cc(C)oc2C)N(C)C)cc1. The third-order valence-corrected chi connectivity index (χ3v) is 4.12. The van der Waals surface area contributed by atoms with E-state index in [1.54, 1.807) is 19.9 Å². The Hall–Kier alpha value is -2.80. The van der Waals surface area contributed by atoms with Gasteiger partial charge in [0.2, 0.25) is 0 Å². The molecule has 0 saturated carbocycles. The van der Waals surface area contributed by atoms with Gasteiger partial charge in [-0.05, 0) is 46.5 Å². The van der Waals surface area contributed by atoms with Crippen molar-refractivity contribution in [2.24, 2.45) is 0 Å².